The molecule has 0 spiro atoms. The maximum Gasteiger partial charge on any atom is 0.191 e. The molecule has 0 unspecified atom stereocenters. The quantitative estimate of drug-likeness (QED) is 0.354. The van der Waals surface area contributed by atoms with Crippen molar-refractivity contribution in [3.63, 3.8) is 0 Å². The van der Waals surface area contributed by atoms with Gasteiger partial charge in [0.1, 0.15) is 0 Å². The molecule has 0 fully saturated rings. The van der Waals surface area contributed by atoms with E-state index in [1.54, 1.807) is 7.05 Å². The van der Waals surface area contributed by atoms with Crippen molar-refractivity contribution in [3.05, 3.63) is 70.2 Å². The predicted octanol–water partition coefficient (Wildman–Crippen LogP) is 3.93. The van der Waals surface area contributed by atoms with Gasteiger partial charge in [0.25, 0.3) is 0 Å². The molecule has 2 aromatic carbocycles. The third kappa shape index (κ3) is 7.93. The number of aliphatic imine (C=N–C) groups is 1. The molecule has 0 atom stereocenters. The predicted molar refractivity (Wildman–Crippen MR) is 123 cm³/mol. The highest BCUT2D eigenvalue weighted by Crippen LogP contribution is 2.14. The Bertz CT molecular complexity index is 686. The van der Waals surface area contributed by atoms with Gasteiger partial charge in [-0.15, -0.1) is 24.0 Å². The second kappa shape index (κ2) is 12.1. The Kier molecular flexibility index (Phi) is 10.6. The van der Waals surface area contributed by atoms with Gasteiger partial charge in [0.2, 0.25) is 0 Å². The number of benzene rings is 2. The van der Waals surface area contributed by atoms with Crippen molar-refractivity contribution < 1.29 is 0 Å². The van der Waals surface area contributed by atoms with Gasteiger partial charge in [0.15, 0.2) is 5.96 Å². The molecule has 0 amide bonds. The van der Waals surface area contributed by atoms with Crippen LogP contribution in [0.1, 0.15) is 16.7 Å². The van der Waals surface area contributed by atoms with Crippen LogP contribution >= 0.6 is 35.6 Å². The highest BCUT2D eigenvalue weighted by Gasteiger charge is 2.02. The molecular weight excluding hydrogens is 459 g/mol. The van der Waals surface area contributed by atoms with Crippen LogP contribution in [0, 0.1) is 0 Å². The van der Waals surface area contributed by atoms with Crippen LogP contribution in [-0.4, -0.2) is 38.5 Å². The summed E-state index contributed by atoms with van der Waals surface area (Å²) in [5, 5.41) is 7.48. The summed E-state index contributed by atoms with van der Waals surface area (Å²) in [6.07, 6.45) is 0.861. The molecular formula is C20H28ClIN4. The molecule has 0 radical (unpaired) electrons. The lowest BCUT2D eigenvalue weighted by Crippen LogP contribution is -2.37. The first-order valence-electron chi connectivity index (χ1n) is 8.49. The molecule has 0 aliphatic heterocycles. The summed E-state index contributed by atoms with van der Waals surface area (Å²) >= 11 is 6.18. The summed E-state index contributed by atoms with van der Waals surface area (Å²) in [6, 6.07) is 16.6. The van der Waals surface area contributed by atoms with Crippen molar-refractivity contribution >= 4 is 41.5 Å². The topological polar surface area (TPSA) is 39.7 Å². The molecule has 2 aromatic rings. The van der Waals surface area contributed by atoms with Crippen molar-refractivity contribution in [2.24, 2.45) is 4.99 Å². The lowest BCUT2D eigenvalue weighted by Gasteiger charge is -2.13. The van der Waals surface area contributed by atoms with Gasteiger partial charge in [0, 0.05) is 31.7 Å². The average molecular weight is 487 g/mol. The number of guanidine groups is 1. The van der Waals surface area contributed by atoms with E-state index in [2.05, 4.69) is 65.0 Å². The molecule has 4 nitrogen and oxygen atoms in total. The standard InChI is InChI=1S/C20H27ClN4.HI/c1-22-20(23-13-12-18-6-4-5-7-19(18)21)24-14-16-8-10-17(11-9-16)15-25(2)3;/h4-11H,12-15H2,1-3H3,(H2,22,23,24);1H. The molecule has 0 bridgehead atoms. The van der Waals surface area contributed by atoms with Crippen molar-refractivity contribution in [1.29, 1.82) is 0 Å². The first-order chi connectivity index (χ1) is 12.1. The van der Waals surface area contributed by atoms with Crippen molar-refractivity contribution in [3.8, 4) is 0 Å². The Morgan fingerprint density at radius 3 is 2.27 bits per heavy atom. The molecule has 2 rings (SSSR count). The molecule has 0 aliphatic rings. The van der Waals surface area contributed by atoms with Crippen LogP contribution in [0.25, 0.3) is 0 Å². The fourth-order valence-electron chi connectivity index (χ4n) is 2.55. The molecule has 26 heavy (non-hydrogen) atoms. The van der Waals surface area contributed by atoms with Gasteiger partial charge in [0.05, 0.1) is 0 Å². The third-order valence-electron chi connectivity index (χ3n) is 3.85. The SMILES string of the molecule is CN=C(NCCc1ccccc1Cl)NCc1ccc(CN(C)C)cc1.I. The lowest BCUT2D eigenvalue weighted by molar-refractivity contribution is 0.402. The molecule has 6 heteroatoms. The zero-order chi connectivity index (χ0) is 18.1. The van der Waals surface area contributed by atoms with Crippen molar-refractivity contribution in [2.75, 3.05) is 27.7 Å². The zero-order valence-corrected chi connectivity index (χ0v) is 18.7. The van der Waals surface area contributed by atoms with Crippen LogP contribution in [0.5, 0.6) is 0 Å². The summed E-state index contributed by atoms with van der Waals surface area (Å²) in [6.45, 7) is 2.48. The monoisotopic (exact) mass is 486 g/mol. The van der Waals surface area contributed by atoms with Gasteiger partial charge in [-0.1, -0.05) is 54.1 Å². The first kappa shape index (κ1) is 22.7. The average Bonchev–Trinajstić information content (AvgIpc) is 2.60. The maximum atomic E-state index is 6.18. The van der Waals surface area contributed by atoms with Crippen LogP contribution < -0.4 is 10.6 Å². The minimum Gasteiger partial charge on any atom is -0.356 e. The number of hydrogen-bond donors (Lipinski definition) is 2. The highest BCUT2D eigenvalue weighted by atomic mass is 127. The number of hydrogen-bond acceptors (Lipinski definition) is 2. The summed E-state index contributed by atoms with van der Waals surface area (Å²) in [5.74, 6) is 0.796. The number of rotatable bonds is 7. The van der Waals surface area contributed by atoms with E-state index < -0.39 is 0 Å². The summed E-state index contributed by atoms with van der Waals surface area (Å²) in [5.41, 5.74) is 3.69. The molecule has 142 valence electrons. The number of nitrogens with one attached hydrogen (secondary N) is 2. The highest BCUT2D eigenvalue weighted by molar-refractivity contribution is 14.0. The van der Waals surface area contributed by atoms with Crippen LogP contribution in [0.3, 0.4) is 0 Å². The zero-order valence-electron chi connectivity index (χ0n) is 15.6. The maximum absolute atomic E-state index is 6.18. The second-order valence-corrected chi connectivity index (χ2v) is 6.66. The van der Waals surface area contributed by atoms with Crippen LogP contribution in [-0.2, 0) is 19.5 Å². The van der Waals surface area contributed by atoms with Crippen LogP contribution in [0.2, 0.25) is 5.02 Å². The van der Waals surface area contributed by atoms with E-state index in [-0.39, 0.29) is 24.0 Å². The molecule has 0 aromatic heterocycles. The number of nitrogens with zero attached hydrogens (tertiary/aromatic N) is 2. The molecule has 0 saturated carbocycles. The van der Waals surface area contributed by atoms with E-state index in [4.69, 9.17) is 11.6 Å². The van der Waals surface area contributed by atoms with Crippen molar-refractivity contribution in [1.82, 2.24) is 15.5 Å². The summed E-state index contributed by atoms with van der Waals surface area (Å²) in [4.78, 5) is 6.43. The fraction of sp³-hybridized carbons (Fsp3) is 0.350. The minimum atomic E-state index is 0. The minimum absolute atomic E-state index is 0. The fourth-order valence-corrected chi connectivity index (χ4v) is 2.78. The van der Waals surface area contributed by atoms with Gasteiger partial charge in [-0.2, -0.15) is 0 Å². The van der Waals surface area contributed by atoms with E-state index >= 15 is 0 Å². The van der Waals surface area contributed by atoms with Crippen molar-refractivity contribution in [2.45, 2.75) is 19.5 Å². The largest absolute Gasteiger partial charge is 0.356 e. The normalized spacial score (nSPS) is 11.2. The Morgan fingerprint density at radius 2 is 1.65 bits per heavy atom. The number of halogens is 2. The van der Waals surface area contributed by atoms with Gasteiger partial charge in [-0.05, 0) is 43.3 Å². The summed E-state index contributed by atoms with van der Waals surface area (Å²) in [7, 11) is 5.94. The van der Waals surface area contributed by atoms with E-state index in [9.17, 15) is 0 Å². The van der Waals surface area contributed by atoms with Crippen LogP contribution in [0.4, 0.5) is 0 Å². The van der Waals surface area contributed by atoms with Gasteiger partial charge in [-0.3, -0.25) is 4.99 Å². The summed E-state index contributed by atoms with van der Waals surface area (Å²) < 4.78 is 0. The Hall–Kier alpha value is -1.31. The molecule has 0 saturated heterocycles. The third-order valence-corrected chi connectivity index (χ3v) is 4.22. The van der Waals surface area contributed by atoms with Gasteiger partial charge < -0.3 is 15.5 Å². The van der Waals surface area contributed by atoms with E-state index in [1.807, 2.05) is 18.2 Å². The molecule has 2 N–H and O–H groups in total. The molecule has 0 aliphatic carbocycles. The van der Waals surface area contributed by atoms with Gasteiger partial charge in [-0.25, -0.2) is 0 Å². The lowest BCUT2D eigenvalue weighted by atomic mass is 10.1. The van der Waals surface area contributed by atoms with E-state index in [0.29, 0.717) is 0 Å². The van der Waals surface area contributed by atoms with E-state index in [1.165, 1.54) is 11.1 Å². The second-order valence-electron chi connectivity index (χ2n) is 6.25. The first-order valence-corrected chi connectivity index (χ1v) is 8.86. The van der Waals surface area contributed by atoms with Crippen LogP contribution in [0.15, 0.2) is 53.5 Å². The Morgan fingerprint density at radius 1 is 1.00 bits per heavy atom. The molecule has 0 heterocycles. The smallest absolute Gasteiger partial charge is 0.191 e. The Balaban J connectivity index is 0.00000338. The van der Waals surface area contributed by atoms with E-state index in [0.717, 1.165) is 42.6 Å². The Labute approximate surface area is 179 Å². The van der Waals surface area contributed by atoms with Gasteiger partial charge >= 0.3 is 0 Å².